The van der Waals surface area contributed by atoms with Crippen LogP contribution in [0.1, 0.15) is 25.7 Å². The van der Waals surface area contributed by atoms with Gasteiger partial charge in [0.1, 0.15) is 5.82 Å². The lowest BCUT2D eigenvalue weighted by Crippen LogP contribution is -2.24. The third kappa shape index (κ3) is 1.89. The van der Waals surface area contributed by atoms with Gasteiger partial charge in [-0.05, 0) is 37.5 Å². The first-order valence-corrected chi connectivity index (χ1v) is 6.46. The van der Waals surface area contributed by atoms with E-state index in [4.69, 9.17) is 11.6 Å². The lowest BCUT2D eigenvalue weighted by Gasteiger charge is -2.16. The average Bonchev–Trinajstić information content (AvgIpc) is 3.04. The van der Waals surface area contributed by atoms with Crippen LogP contribution in [-0.4, -0.2) is 11.0 Å². The first-order valence-electron chi connectivity index (χ1n) is 5.20. The monoisotopic (exact) mass is 228 g/mol. The Morgan fingerprint density at radius 3 is 2.43 bits per heavy atom. The van der Waals surface area contributed by atoms with Crippen LogP contribution >= 0.6 is 22.9 Å². The summed E-state index contributed by atoms with van der Waals surface area (Å²) in [5.74, 6) is 2.79. The summed E-state index contributed by atoms with van der Waals surface area (Å²) in [7, 11) is 0. The molecule has 3 rings (SSSR count). The zero-order valence-electron chi connectivity index (χ0n) is 7.87. The van der Waals surface area contributed by atoms with E-state index in [9.17, 15) is 0 Å². The molecule has 76 valence electrons. The second-order valence-electron chi connectivity index (χ2n) is 4.33. The summed E-state index contributed by atoms with van der Waals surface area (Å²) in [6.07, 6.45) is 5.58. The fraction of sp³-hybridized carbons (Fsp3) is 0.700. The van der Waals surface area contributed by atoms with E-state index in [2.05, 4.69) is 10.3 Å². The maximum Gasteiger partial charge on any atom is 0.185 e. The van der Waals surface area contributed by atoms with Gasteiger partial charge in [-0.1, -0.05) is 11.6 Å². The van der Waals surface area contributed by atoms with Crippen molar-refractivity contribution in [1.29, 1.82) is 0 Å². The standard InChI is InChI=1S/C10H13ClN2S/c11-10-13-8(5-14-10)12-9(6-1-2-6)7-3-4-7/h5-7,9,12H,1-4H2. The molecular weight excluding hydrogens is 216 g/mol. The highest BCUT2D eigenvalue weighted by Crippen LogP contribution is 2.45. The molecule has 1 heterocycles. The highest BCUT2D eigenvalue weighted by Gasteiger charge is 2.41. The summed E-state index contributed by atoms with van der Waals surface area (Å²) >= 11 is 7.30. The van der Waals surface area contributed by atoms with Crippen molar-refractivity contribution in [2.75, 3.05) is 5.32 Å². The molecule has 0 aromatic carbocycles. The van der Waals surface area contributed by atoms with Crippen LogP contribution < -0.4 is 5.32 Å². The van der Waals surface area contributed by atoms with E-state index in [1.54, 1.807) is 0 Å². The zero-order chi connectivity index (χ0) is 9.54. The van der Waals surface area contributed by atoms with E-state index >= 15 is 0 Å². The Morgan fingerprint density at radius 2 is 2.00 bits per heavy atom. The van der Waals surface area contributed by atoms with Gasteiger partial charge in [0.15, 0.2) is 4.47 Å². The van der Waals surface area contributed by atoms with Gasteiger partial charge < -0.3 is 5.32 Å². The van der Waals surface area contributed by atoms with Gasteiger partial charge in [-0.25, -0.2) is 4.98 Å². The zero-order valence-corrected chi connectivity index (χ0v) is 9.44. The third-order valence-electron chi connectivity index (χ3n) is 3.05. The number of hydrogen-bond donors (Lipinski definition) is 1. The molecule has 2 aliphatic carbocycles. The summed E-state index contributed by atoms with van der Waals surface area (Å²) in [4.78, 5) is 4.24. The van der Waals surface area contributed by atoms with E-state index < -0.39 is 0 Å². The van der Waals surface area contributed by atoms with Gasteiger partial charge in [0.05, 0.1) is 0 Å². The number of hydrogen-bond acceptors (Lipinski definition) is 3. The fourth-order valence-corrected chi connectivity index (χ4v) is 2.73. The molecule has 14 heavy (non-hydrogen) atoms. The maximum absolute atomic E-state index is 5.80. The SMILES string of the molecule is Clc1nc(NC(C2CC2)C2CC2)cs1. The van der Waals surface area contributed by atoms with Crippen LogP contribution in [0.2, 0.25) is 4.47 Å². The number of nitrogens with zero attached hydrogens (tertiary/aromatic N) is 1. The van der Waals surface area contributed by atoms with Crippen molar-refractivity contribution >= 4 is 28.8 Å². The second-order valence-corrected chi connectivity index (χ2v) is 5.77. The van der Waals surface area contributed by atoms with E-state index in [0.717, 1.165) is 17.7 Å². The van der Waals surface area contributed by atoms with Crippen molar-refractivity contribution in [3.8, 4) is 0 Å². The lowest BCUT2D eigenvalue weighted by molar-refractivity contribution is 0.566. The van der Waals surface area contributed by atoms with Gasteiger partial charge in [-0.2, -0.15) is 0 Å². The van der Waals surface area contributed by atoms with Crippen molar-refractivity contribution < 1.29 is 0 Å². The molecule has 2 nitrogen and oxygen atoms in total. The molecule has 0 radical (unpaired) electrons. The predicted molar refractivity (Wildman–Crippen MR) is 60.0 cm³/mol. The normalized spacial score (nSPS) is 21.6. The van der Waals surface area contributed by atoms with Gasteiger partial charge >= 0.3 is 0 Å². The van der Waals surface area contributed by atoms with Crippen LogP contribution in [0.5, 0.6) is 0 Å². The van der Waals surface area contributed by atoms with Gasteiger partial charge in [0.25, 0.3) is 0 Å². The molecule has 0 amide bonds. The Bertz CT molecular complexity index is 319. The highest BCUT2D eigenvalue weighted by atomic mass is 35.5. The highest BCUT2D eigenvalue weighted by molar-refractivity contribution is 7.14. The molecule has 0 atom stereocenters. The largest absolute Gasteiger partial charge is 0.366 e. The molecule has 2 fully saturated rings. The topological polar surface area (TPSA) is 24.9 Å². The van der Waals surface area contributed by atoms with Crippen LogP contribution in [0, 0.1) is 11.8 Å². The first kappa shape index (κ1) is 8.98. The van der Waals surface area contributed by atoms with E-state index in [0.29, 0.717) is 10.5 Å². The van der Waals surface area contributed by atoms with E-state index in [1.807, 2.05) is 5.38 Å². The molecule has 4 heteroatoms. The quantitative estimate of drug-likeness (QED) is 0.855. The number of halogens is 1. The van der Waals surface area contributed by atoms with Crippen molar-refractivity contribution in [2.45, 2.75) is 31.7 Å². The Morgan fingerprint density at radius 1 is 1.36 bits per heavy atom. The number of thiazole rings is 1. The molecular formula is C10H13ClN2S. The lowest BCUT2D eigenvalue weighted by atomic mass is 10.1. The summed E-state index contributed by atoms with van der Waals surface area (Å²) in [5.41, 5.74) is 0. The fourth-order valence-electron chi connectivity index (χ4n) is 2.02. The number of nitrogens with one attached hydrogen (secondary N) is 1. The van der Waals surface area contributed by atoms with Gasteiger partial charge in [0.2, 0.25) is 0 Å². The molecule has 0 spiro atoms. The number of aromatic nitrogens is 1. The number of anilines is 1. The molecule has 0 saturated heterocycles. The van der Waals surface area contributed by atoms with Crippen LogP contribution in [-0.2, 0) is 0 Å². The minimum Gasteiger partial charge on any atom is -0.366 e. The molecule has 2 saturated carbocycles. The Kier molecular flexibility index (Phi) is 2.17. The summed E-state index contributed by atoms with van der Waals surface area (Å²) in [6, 6.07) is 0.674. The third-order valence-corrected chi connectivity index (χ3v) is 4.03. The van der Waals surface area contributed by atoms with Crippen molar-refractivity contribution in [3.05, 3.63) is 9.85 Å². The van der Waals surface area contributed by atoms with Crippen molar-refractivity contribution in [3.63, 3.8) is 0 Å². The van der Waals surface area contributed by atoms with Crippen LogP contribution in [0.15, 0.2) is 5.38 Å². The smallest absolute Gasteiger partial charge is 0.185 e. The Balaban J connectivity index is 1.68. The first-order chi connectivity index (χ1) is 6.83. The summed E-state index contributed by atoms with van der Waals surface area (Å²) < 4.78 is 0.637. The Labute approximate surface area is 92.7 Å². The van der Waals surface area contributed by atoms with Crippen LogP contribution in [0.3, 0.4) is 0 Å². The minimum absolute atomic E-state index is 0.637. The van der Waals surface area contributed by atoms with E-state index in [-0.39, 0.29) is 0 Å². The average molecular weight is 229 g/mol. The van der Waals surface area contributed by atoms with Gasteiger partial charge in [-0.15, -0.1) is 11.3 Å². The number of rotatable bonds is 4. The minimum atomic E-state index is 0.637. The maximum atomic E-state index is 5.80. The van der Waals surface area contributed by atoms with Crippen LogP contribution in [0.4, 0.5) is 5.82 Å². The van der Waals surface area contributed by atoms with Gasteiger partial charge in [-0.3, -0.25) is 0 Å². The second kappa shape index (κ2) is 3.38. The molecule has 1 N–H and O–H groups in total. The molecule has 1 aromatic rings. The molecule has 1 aromatic heterocycles. The molecule has 0 bridgehead atoms. The molecule has 0 aliphatic heterocycles. The van der Waals surface area contributed by atoms with E-state index in [1.165, 1.54) is 37.0 Å². The van der Waals surface area contributed by atoms with Crippen molar-refractivity contribution in [2.24, 2.45) is 11.8 Å². The Hall–Kier alpha value is -0.280. The predicted octanol–water partition coefficient (Wildman–Crippen LogP) is 3.40. The van der Waals surface area contributed by atoms with Crippen molar-refractivity contribution in [1.82, 2.24) is 4.98 Å². The summed E-state index contributed by atoms with van der Waals surface area (Å²) in [5, 5.41) is 5.55. The summed E-state index contributed by atoms with van der Waals surface area (Å²) in [6.45, 7) is 0. The molecule has 0 unspecified atom stereocenters. The van der Waals surface area contributed by atoms with Gasteiger partial charge in [0, 0.05) is 11.4 Å². The van der Waals surface area contributed by atoms with Crippen LogP contribution in [0.25, 0.3) is 0 Å². The molecule has 2 aliphatic rings.